The number of benzene rings is 3. The van der Waals surface area contributed by atoms with Crippen LogP contribution in [0.4, 0.5) is 5.69 Å². The molecule has 3 aromatic rings. The standard InChI is InChI=1S/C30H31Cl2N3O3/c1-19(29(37)33-21-10-2-3-11-21)35(18-23-24(31)13-6-14-25(23)32)27(36)16-7-17-34-26-15-5-9-20-8-4-12-22(28(20)26)30(34)38/h4-6,8-9,12-15,19,21H,2-3,7,10-11,16-18H2,1H3,(H,33,37)/t19-/m0/s1. The van der Waals surface area contributed by atoms with Crippen molar-refractivity contribution in [3.63, 3.8) is 0 Å². The summed E-state index contributed by atoms with van der Waals surface area (Å²) in [6.45, 7) is 2.28. The average molecular weight is 553 g/mol. The fraction of sp³-hybridized carbons (Fsp3) is 0.367. The van der Waals surface area contributed by atoms with Gasteiger partial charge in [-0.15, -0.1) is 0 Å². The molecule has 0 unspecified atom stereocenters. The molecule has 1 aliphatic heterocycles. The normalized spacial score (nSPS) is 15.8. The lowest BCUT2D eigenvalue weighted by Crippen LogP contribution is -2.49. The topological polar surface area (TPSA) is 69.7 Å². The Kier molecular flexibility index (Phi) is 7.91. The number of rotatable bonds is 9. The molecule has 3 aromatic carbocycles. The summed E-state index contributed by atoms with van der Waals surface area (Å²) in [4.78, 5) is 43.1. The van der Waals surface area contributed by atoms with E-state index >= 15 is 0 Å². The van der Waals surface area contributed by atoms with Gasteiger partial charge in [-0.25, -0.2) is 0 Å². The van der Waals surface area contributed by atoms with E-state index in [9.17, 15) is 14.4 Å². The van der Waals surface area contributed by atoms with E-state index < -0.39 is 6.04 Å². The van der Waals surface area contributed by atoms with Gasteiger partial charge < -0.3 is 15.1 Å². The lowest BCUT2D eigenvalue weighted by molar-refractivity contribution is -0.141. The summed E-state index contributed by atoms with van der Waals surface area (Å²) in [5.74, 6) is -0.407. The van der Waals surface area contributed by atoms with Crippen LogP contribution in [0.15, 0.2) is 54.6 Å². The first-order valence-corrected chi connectivity index (χ1v) is 14.0. The molecule has 5 rings (SSSR count). The van der Waals surface area contributed by atoms with Gasteiger partial charge in [0.25, 0.3) is 5.91 Å². The predicted octanol–water partition coefficient (Wildman–Crippen LogP) is 6.36. The Balaban J connectivity index is 1.30. The maximum Gasteiger partial charge on any atom is 0.258 e. The third-order valence-electron chi connectivity index (χ3n) is 7.68. The van der Waals surface area contributed by atoms with Gasteiger partial charge in [0.05, 0.1) is 5.69 Å². The molecule has 2 aliphatic rings. The van der Waals surface area contributed by atoms with Gasteiger partial charge in [-0.1, -0.05) is 66.4 Å². The Morgan fingerprint density at radius 2 is 1.68 bits per heavy atom. The fourth-order valence-electron chi connectivity index (χ4n) is 5.56. The van der Waals surface area contributed by atoms with Gasteiger partial charge in [-0.2, -0.15) is 0 Å². The number of carbonyl (C=O) groups excluding carboxylic acids is 3. The molecule has 0 saturated heterocycles. The van der Waals surface area contributed by atoms with Gasteiger partial charge >= 0.3 is 0 Å². The van der Waals surface area contributed by atoms with Gasteiger partial charge in [-0.3, -0.25) is 14.4 Å². The minimum atomic E-state index is -0.693. The molecule has 1 fully saturated rings. The second-order valence-electron chi connectivity index (χ2n) is 10.1. The van der Waals surface area contributed by atoms with Gasteiger partial charge in [0, 0.05) is 52.1 Å². The number of nitrogens with zero attached hydrogens (tertiary/aromatic N) is 2. The molecule has 1 N–H and O–H groups in total. The number of anilines is 1. The second-order valence-corrected chi connectivity index (χ2v) is 10.9. The summed E-state index contributed by atoms with van der Waals surface area (Å²) in [6, 6.07) is 16.3. The lowest BCUT2D eigenvalue weighted by Gasteiger charge is -2.30. The van der Waals surface area contributed by atoms with Gasteiger partial charge in [0.15, 0.2) is 0 Å². The van der Waals surface area contributed by atoms with E-state index in [4.69, 9.17) is 23.2 Å². The molecule has 6 nitrogen and oxygen atoms in total. The molecule has 1 heterocycles. The number of carbonyl (C=O) groups is 3. The Morgan fingerprint density at radius 3 is 2.39 bits per heavy atom. The van der Waals surface area contributed by atoms with Crippen LogP contribution in [0.3, 0.4) is 0 Å². The van der Waals surface area contributed by atoms with E-state index in [1.165, 1.54) is 0 Å². The highest BCUT2D eigenvalue weighted by Gasteiger charge is 2.31. The molecule has 1 saturated carbocycles. The largest absolute Gasteiger partial charge is 0.352 e. The molecule has 0 aromatic heterocycles. The van der Waals surface area contributed by atoms with Crippen LogP contribution in [0.25, 0.3) is 10.8 Å². The van der Waals surface area contributed by atoms with E-state index in [2.05, 4.69) is 5.32 Å². The summed E-state index contributed by atoms with van der Waals surface area (Å²) < 4.78 is 0. The Labute approximate surface area is 232 Å². The molecule has 8 heteroatoms. The maximum atomic E-state index is 13.6. The summed E-state index contributed by atoms with van der Waals surface area (Å²) in [7, 11) is 0. The van der Waals surface area contributed by atoms with Crippen LogP contribution in [-0.4, -0.2) is 41.2 Å². The zero-order valence-corrected chi connectivity index (χ0v) is 22.9. The highest BCUT2D eigenvalue weighted by Crippen LogP contribution is 2.37. The number of halogens is 2. The van der Waals surface area contributed by atoms with E-state index in [1.54, 1.807) is 34.9 Å². The molecule has 0 radical (unpaired) electrons. The fourth-order valence-corrected chi connectivity index (χ4v) is 6.08. The molecule has 1 aliphatic carbocycles. The van der Waals surface area contributed by atoms with Gasteiger partial charge in [0.2, 0.25) is 11.8 Å². The van der Waals surface area contributed by atoms with Crippen molar-refractivity contribution in [3.05, 3.63) is 75.8 Å². The summed E-state index contributed by atoms with van der Waals surface area (Å²) >= 11 is 12.8. The zero-order chi connectivity index (χ0) is 26.8. The van der Waals surface area contributed by atoms with Crippen molar-refractivity contribution in [3.8, 4) is 0 Å². The lowest BCUT2D eigenvalue weighted by atomic mass is 10.1. The highest BCUT2D eigenvalue weighted by atomic mass is 35.5. The van der Waals surface area contributed by atoms with Crippen molar-refractivity contribution in [1.29, 1.82) is 0 Å². The van der Waals surface area contributed by atoms with Crippen molar-refractivity contribution >= 4 is 57.4 Å². The number of nitrogens with one attached hydrogen (secondary N) is 1. The molecule has 3 amide bonds. The van der Waals surface area contributed by atoms with E-state index in [0.29, 0.717) is 34.1 Å². The van der Waals surface area contributed by atoms with Gasteiger partial charge in [0.1, 0.15) is 6.04 Å². The van der Waals surface area contributed by atoms with Crippen LogP contribution < -0.4 is 10.2 Å². The minimum Gasteiger partial charge on any atom is -0.352 e. The van der Waals surface area contributed by atoms with E-state index in [-0.39, 0.29) is 36.7 Å². The van der Waals surface area contributed by atoms with Crippen LogP contribution in [0.5, 0.6) is 0 Å². The quantitative estimate of drug-likeness (QED) is 0.336. The van der Waals surface area contributed by atoms with Crippen molar-refractivity contribution in [2.24, 2.45) is 0 Å². The second kappa shape index (κ2) is 11.3. The molecular formula is C30H31Cl2N3O3. The number of hydrogen-bond donors (Lipinski definition) is 1. The average Bonchev–Trinajstić information content (AvgIpc) is 3.51. The van der Waals surface area contributed by atoms with Gasteiger partial charge in [-0.05, 0) is 55.8 Å². The summed E-state index contributed by atoms with van der Waals surface area (Å²) in [5.41, 5.74) is 2.18. The monoisotopic (exact) mass is 551 g/mol. The van der Waals surface area contributed by atoms with Crippen LogP contribution in [0.2, 0.25) is 10.0 Å². The molecule has 0 bridgehead atoms. The number of hydrogen-bond acceptors (Lipinski definition) is 3. The smallest absolute Gasteiger partial charge is 0.258 e. The molecule has 1 atom stereocenters. The van der Waals surface area contributed by atoms with Crippen molar-refractivity contribution in [1.82, 2.24) is 10.2 Å². The zero-order valence-electron chi connectivity index (χ0n) is 21.4. The van der Waals surface area contributed by atoms with E-state index in [0.717, 1.165) is 42.1 Å². The molecule has 38 heavy (non-hydrogen) atoms. The van der Waals surface area contributed by atoms with Crippen molar-refractivity contribution < 1.29 is 14.4 Å². The van der Waals surface area contributed by atoms with E-state index in [1.807, 2.05) is 36.4 Å². The third kappa shape index (κ3) is 5.25. The first-order valence-electron chi connectivity index (χ1n) is 13.2. The SMILES string of the molecule is C[C@@H](C(=O)NC1CCCC1)N(Cc1c(Cl)cccc1Cl)C(=O)CCCN1C(=O)c2cccc3cccc1c23. The first kappa shape index (κ1) is 26.5. The first-order chi connectivity index (χ1) is 18.3. The molecule has 0 spiro atoms. The number of amides is 3. The highest BCUT2D eigenvalue weighted by molar-refractivity contribution is 6.36. The Morgan fingerprint density at radius 1 is 1.03 bits per heavy atom. The minimum absolute atomic E-state index is 0.0479. The molecular weight excluding hydrogens is 521 g/mol. The third-order valence-corrected chi connectivity index (χ3v) is 8.39. The van der Waals surface area contributed by atoms with Crippen molar-refractivity contribution in [2.45, 2.75) is 64.1 Å². The van der Waals surface area contributed by atoms with Crippen LogP contribution >= 0.6 is 23.2 Å². The predicted molar refractivity (Wildman–Crippen MR) is 152 cm³/mol. The Hall–Kier alpha value is -3.09. The summed E-state index contributed by atoms with van der Waals surface area (Å²) in [6.07, 6.45) is 4.76. The maximum absolute atomic E-state index is 13.6. The van der Waals surface area contributed by atoms with Crippen LogP contribution in [0.1, 0.15) is 61.4 Å². The van der Waals surface area contributed by atoms with Crippen molar-refractivity contribution in [2.75, 3.05) is 11.4 Å². The van der Waals surface area contributed by atoms with Crippen LogP contribution in [-0.2, 0) is 16.1 Å². The Bertz CT molecular complexity index is 1360. The summed E-state index contributed by atoms with van der Waals surface area (Å²) in [5, 5.41) is 5.99. The molecule has 198 valence electrons. The van der Waals surface area contributed by atoms with Crippen LogP contribution in [0, 0.1) is 0 Å².